The topological polar surface area (TPSA) is 70.6 Å². The van der Waals surface area contributed by atoms with Crippen LogP contribution in [0.3, 0.4) is 0 Å². The molecule has 1 aromatic carbocycles. The minimum Gasteiger partial charge on any atom is -0.409 e. The molecule has 0 spiro atoms. The molecule has 0 amide bonds. The summed E-state index contributed by atoms with van der Waals surface area (Å²) in [6, 6.07) is 5.80. The van der Waals surface area contributed by atoms with Gasteiger partial charge < -0.3 is 16.3 Å². The molecule has 1 rings (SSSR count). The Morgan fingerprint density at radius 1 is 1.61 bits per heavy atom. The van der Waals surface area contributed by atoms with Gasteiger partial charge in [-0.15, -0.1) is 0 Å². The van der Waals surface area contributed by atoms with Crippen molar-refractivity contribution in [3.8, 4) is 0 Å². The Balaban J connectivity index is 2.68. The Hall–Kier alpha value is -0.910. The molecule has 1 unspecified atom stereocenters. The predicted molar refractivity (Wildman–Crippen MR) is 78.6 cm³/mol. The molecule has 0 saturated heterocycles. The zero-order chi connectivity index (χ0) is 13.5. The van der Waals surface area contributed by atoms with Gasteiger partial charge in [-0.2, -0.15) is 11.8 Å². The van der Waals surface area contributed by atoms with Crippen molar-refractivity contribution in [3.63, 3.8) is 0 Å². The Morgan fingerprint density at radius 2 is 2.33 bits per heavy atom. The summed E-state index contributed by atoms with van der Waals surface area (Å²) in [6.45, 7) is 2.84. The maximum absolute atomic E-state index is 8.59. The smallest absolute Gasteiger partial charge is 0.170 e. The number of amidine groups is 1. The van der Waals surface area contributed by atoms with E-state index >= 15 is 0 Å². The van der Waals surface area contributed by atoms with Crippen LogP contribution in [-0.2, 0) is 6.54 Å². The van der Waals surface area contributed by atoms with Crippen LogP contribution in [-0.4, -0.2) is 29.1 Å². The van der Waals surface area contributed by atoms with Gasteiger partial charge in [-0.1, -0.05) is 28.9 Å². The van der Waals surface area contributed by atoms with E-state index in [9.17, 15) is 0 Å². The SMILES string of the molecule is CSCC(C)NCc1ccc(/C(N)=N/O)cc1Cl. The molecule has 0 bridgehead atoms. The third-order valence-corrected chi connectivity index (χ3v) is 3.70. The van der Waals surface area contributed by atoms with Crippen molar-refractivity contribution in [2.45, 2.75) is 19.5 Å². The molecule has 4 nitrogen and oxygen atoms in total. The molecule has 1 aromatic rings. The van der Waals surface area contributed by atoms with Gasteiger partial charge in [-0.3, -0.25) is 0 Å². The lowest BCUT2D eigenvalue weighted by Crippen LogP contribution is -2.27. The van der Waals surface area contributed by atoms with Crippen molar-refractivity contribution in [1.82, 2.24) is 5.32 Å². The molecule has 100 valence electrons. The van der Waals surface area contributed by atoms with Gasteiger partial charge in [0.25, 0.3) is 0 Å². The first kappa shape index (κ1) is 15.1. The maximum atomic E-state index is 8.59. The summed E-state index contributed by atoms with van der Waals surface area (Å²) >= 11 is 7.96. The number of nitrogens with one attached hydrogen (secondary N) is 1. The number of hydrogen-bond donors (Lipinski definition) is 3. The van der Waals surface area contributed by atoms with Crippen LogP contribution in [0.5, 0.6) is 0 Å². The van der Waals surface area contributed by atoms with Gasteiger partial charge in [-0.05, 0) is 24.8 Å². The third-order valence-electron chi connectivity index (χ3n) is 2.51. The summed E-state index contributed by atoms with van der Waals surface area (Å²) in [7, 11) is 0. The molecule has 18 heavy (non-hydrogen) atoms. The van der Waals surface area contributed by atoms with Crippen LogP contribution in [0.1, 0.15) is 18.1 Å². The fourth-order valence-corrected chi connectivity index (χ4v) is 2.37. The summed E-state index contributed by atoms with van der Waals surface area (Å²) in [4.78, 5) is 0. The van der Waals surface area contributed by atoms with E-state index in [1.807, 2.05) is 6.07 Å². The summed E-state index contributed by atoms with van der Waals surface area (Å²) in [6.07, 6.45) is 2.08. The lowest BCUT2D eigenvalue weighted by atomic mass is 10.1. The summed E-state index contributed by atoms with van der Waals surface area (Å²) < 4.78 is 0. The summed E-state index contributed by atoms with van der Waals surface area (Å²) in [5.41, 5.74) is 7.11. The van der Waals surface area contributed by atoms with Crippen LogP contribution < -0.4 is 11.1 Å². The fraction of sp³-hybridized carbons (Fsp3) is 0.417. The zero-order valence-corrected chi connectivity index (χ0v) is 12.1. The third kappa shape index (κ3) is 4.40. The first-order chi connectivity index (χ1) is 8.58. The van der Waals surface area contributed by atoms with Gasteiger partial charge in [0.2, 0.25) is 0 Å². The van der Waals surface area contributed by atoms with Crippen LogP contribution >= 0.6 is 23.4 Å². The van der Waals surface area contributed by atoms with Crippen LogP contribution in [0.2, 0.25) is 5.02 Å². The number of thioether (sulfide) groups is 1. The number of nitrogens with two attached hydrogens (primary N) is 1. The number of halogens is 1. The van der Waals surface area contributed by atoms with Gasteiger partial charge in [-0.25, -0.2) is 0 Å². The molecule has 4 N–H and O–H groups in total. The minimum absolute atomic E-state index is 0.0622. The maximum Gasteiger partial charge on any atom is 0.170 e. The second-order valence-corrected chi connectivity index (χ2v) is 5.35. The summed E-state index contributed by atoms with van der Waals surface area (Å²) in [5.74, 6) is 1.12. The van der Waals surface area contributed by atoms with E-state index in [-0.39, 0.29) is 5.84 Å². The zero-order valence-electron chi connectivity index (χ0n) is 10.5. The molecule has 0 aliphatic carbocycles. The van der Waals surface area contributed by atoms with Gasteiger partial charge >= 0.3 is 0 Å². The van der Waals surface area contributed by atoms with Crippen molar-refractivity contribution < 1.29 is 5.21 Å². The molecule has 0 heterocycles. The second kappa shape index (κ2) is 7.51. The minimum atomic E-state index is 0.0622. The highest BCUT2D eigenvalue weighted by Crippen LogP contribution is 2.18. The van der Waals surface area contributed by atoms with Crippen LogP contribution in [0.25, 0.3) is 0 Å². The van der Waals surface area contributed by atoms with Gasteiger partial charge in [0.1, 0.15) is 0 Å². The van der Waals surface area contributed by atoms with Crippen molar-refractivity contribution in [1.29, 1.82) is 0 Å². The quantitative estimate of drug-likeness (QED) is 0.325. The fourth-order valence-electron chi connectivity index (χ4n) is 1.50. The molecular formula is C12H18ClN3OS. The van der Waals surface area contributed by atoms with Crippen LogP contribution in [0.15, 0.2) is 23.4 Å². The van der Waals surface area contributed by atoms with E-state index < -0.39 is 0 Å². The number of benzene rings is 1. The van der Waals surface area contributed by atoms with E-state index in [1.165, 1.54) is 0 Å². The van der Waals surface area contributed by atoms with E-state index in [0.29, 0.717) is 23.2 Å². The molecule has 0 aliphatic heterocycles. The van der Waals surface area contributed by atoms with Crippen LogP contribution in [0, 0.1) is 0 Å². The molecule has 6 heteroatoms. The van der Waals surface area contributed by atoms with Gasteiger partial charge in [0.15, 0.2) is 5.84 Å². The standard InChI is InChI=1S/C12H18ClN3OS/c1-8(7-18-2)15-6-10-4-3-9(5-11(10)13)12(14)16-17/h3-5,8,15,17H,6-7H2,1-2H3,(H2,14,16). The predicted octanol–water partition coefficient (Wildman–Crippen LogP) is 2.28. The second-order valence-electron chi connectivity index (χ2n) is 4.03. The van der Waals surface area contributed by atoms with E-state index in [0.717, 1.165) is 11.3 Å². The molecule has 1 atom stereocenters. The van der Waals surface area contributed by atoms with Crippen molar-refractivity contribution in [2.75, 3.05) is 12.0 Å². The molecule has 0 aliphatic rings. The van der Waals surface area contributed by atoms with Crippen molar-refractivity contribution in [2.24, 2.45) is 10.9 Å². The first-order valence-electron chi connectivity index (χ1n) is 5.57. The molecule has 0 radical (unpaired) electrons. The number of rotatable bonds is 6. The Bertz CT molecular complexity index is 426. The molecule has 0 saturated carbocycles. The highest BCUT2D eigenvalue weighted by molar-refractivity contribution is 7.98. The lowest BCUT2D eigenvalue weighted by molar-refractivity contribution is 0.318. The van der Waals surface area contributed by atoms with E-state index in [2.05, 4.69) is 23.7 Å². The highest BCUT2D eigenvalue weighted by Gasteiger charge is 2.06. The summed E-state index contributed by atoms with van der Waals surface area (Å²) in [5, 5.41) is 15.5. The lowest BCUT2D eigenvalue weighted by Gasteiger charge is -2.13. The molecule has 0 aromatic heterocycles. The Morgan fingerprint density at radius 3 is 2.89 bits per heavy atom. The average molecular weight is 288 g/mol. The number of hydrogen-bond acceptors (Lipinski definition) is 4. The Labute approximate surface area is 117 Å². The number of nitrogens with zero attached hydrogens (tertiary/aromatic N) is 1. The van der Waals surface area contributed by atoms with Gasteiger partial charge in [0, 0.05) is 28.9 Å². The van der Waals surface area contributed by atoms with Gasteiger partial charge in [0.05, 0.1) is 0 Å². The van der Waals surface area contributed by atoms with E-state index in [4.69, 9.17) is 22.5 Å². The van der Waals surface area contributed by atoms with Crippen molar-refractivity contribution >= 4 is 29.2 Å². The van der Waals surface area contributed by atoms with Crippen LogP contribution in [0.4, 0.5) is 0 Å². The highest BCUT2D eigenvalue weighted by atomic mass is 35.5. The Kier molecular flexibility index (Phi) is 6.32. The molecular weight excluding hydrogens is 270 g/mol. The average Bonchev–Trinajstić information content (AvgIpc) is 2.36. The monoisotopic (exact) mass is 287 g/mol. The molecule has 0 fully saturated rings. The first-order valence-corrected chi connectivity index (χ1v) is 7.34. The number of oxime groups is 1. The normalized spacial score (nSPS) is 13.6. The van der Waals surface area contributed by atoms with E-state index in [1.54, 1.807) is 23.9 Å². The largest absolute Gasteiger partial charge is 0.409 e. The van der Waals surface area contributed by atoms with Crippen molar-refractivity contribution in [3.05, 3.63) is 34.3 Å².